The summed E-state index contributed by atoms with van der Waals surface area (Å²) in [5.41, 5.74) is 5.77. The molecule has 0 aliphatic carbocycles. The van der Waals surface area contributed by atoms with Crippen molar-refractivity contribution in [2.24, 2.45) is 0 Å². The highest BCUT2D eigenvalue weighted by atomic mass is 15.0. The molecule has 0 aliphatic heterocycles. The molecule has 11 rings (SSSR count). The normalized spacial score (nSPS) is 11.7. The molecule has 0 amide bonds. The lowest BCUT2D eigenvalue weighted by Crippen LogP contribution is -2.00. The second-order valence-electron chi connectivity index (χ2n) is 13.8. The van der Waals surface area contributed by atoms with Crippen LogP contribution >= 0.6 is 0 Å². The molecule has 4 nitrogen and oxygen atoms in total. The van der Waals surface area contributed by atoms with Crippen molar-refractivity contribution < 1.29 is 0 Å². The van der Waals surface area contributed by atoms with Gasteiger partial charge >= 0.3 is 0 Å². The van der Waals surface area contributed by atoms with Crippen LogP contribution in [0.3, 0.4) is 0 Å². The van der Waals surface area contributed by atoms with Crippen molar-refractivity contribution in [3.05, 3.63) is 182 Å². The number of rotatable bonds is 4. The van der Waals surface area contributed by atoms with Gasteiger partial charge in [0, 0.05) is 38.4 Å². The molecule has 9 aromatic carbocycles. The minimum atomic E-state index is 0.621. The third kappa shape index (κ3) is 4.92. The quantitative estimate of drug-likeness (QED) is 0.173. The molecule has 0 unspecified atom stereocenters. The standard InChI is InChI=1S/C50H30N4/c1-3-13-35-29-37(27-21-31(35)11-1)49-52-48(53-50(54-49)38-28-22-32-12-2-4-14-36(32)30-38)34-25-23-33(24-26-34)47-46-42-18-8-6-16-40(42)39-15-5-7-17-41(39)45(46)43-19-9-10-20-44(43)51-47/h1-30H. The van der Waals surface area contributed by atoms with E-state index < -0.39 is 0 Å². The van der Waals surface area contributed by atoms with E-state index in [1.54, 1.807) is 0 Å². The van der Waals surface area contributed by atoms with Gasteiger partial charge in [-0.1, -0.05) is 164 Å². The third-order valence-electron chi connectivity index (χ3n) is 10.6. The molecule has 0 saturated carbocycles. The summed E-state index contributed by atoms with van der Waals surface area (Å²) in [6.07, 6.45) is 0. The fraction of sp³-hybridized carbons (Fsp3) is 0. The van der Waals surface area contributed by atoms with Crippen LogP contribution in [-0.2, 0) is 0 Å². The molecule has 54 heavy (non-hydrogen) atoms. The number of hydrogen-bond acceptors (Lipinski definition) is 4. The second kappa shape index (κ2) is 12.1. The van der Waals surface area contributed by atoms with Gasteiger partial charge in [0.25, 0.3) is 0 Å². The molecule has 4 heteroatoms. The van der Waals surface area contributed by atoms with E-state index in [-0.39, 0.29) is 0 Å². The van der Waals surface area contributed by atoms with Crippen molar-refractivity contribution in [2.45, 2.75) is 0 Å². The van der Waals surface area contributed by atoms with Crippen LogP contribution in [0.4, 0.5) is 0 Å². The molecule has 0 spiro atoms. The summed E-state index contributed by atoms with van der Waals surface area (Å²) in [5.74, 6) is 1.90. The predicted octanol–water partition coefficient (Wildman–Crippen LogP) is 12.9. The van der Waals surface area contributed by atoms with Gasteiger partial charge in [0.1, 0.15) is 0 Å². The lowest BCUT2D eigenvalue weighted by molar-refractivity contribution is 1.08. The number of pyridine rings is 1. The maximum atomic E-state index is 5.35. The van der Waals surface area contributed by atoms with E-state index in [1.165, 1.54) is 37.7 Å². The largest absolute Gasteiger partial charge is 0.247 e. The second-order valence-corrected chi connectivity index (χ2v) is 13.8. The number of para-hydroxylation sites is 1. The predicted molar refractivity (Wildman–Crippen MR) is 224 cm³/mol. The number of benzene rings is 9. The van der Waals surface area contributed by atoms with Gasteiger partial charge in [0.05, 0.1) is 11.2 Å². The maximum Gasteiger partial charge on any atom is 0.164 e. The Morgan fingerprint density at radius 3 is 1.24 bits per heavy atom. The van der Waals surface area contributed by atoms with Crippen LogP contribution < -0.4 is 0 Å². The summed E-state index contributed by atoms with van der Waals surface area (Å²) in [4.78, 5) is 20.6. The van der Waals surface area contributed by atoms with Gasteiger partial charge in [0.2, 0.25) is 0 Å². The Hall–Kier alpha value is -7.30. The van der Waals surface area contributed by atoms with E-state index in [4.69, 9.17) is 19.9 Å². The van der Waals surface area contributed by atoms with Gasteiger partial charge in [-0.25, -0.2) is 19.9 Å². The monoisotopic (exact) mass is 686 g/mol. The Morgan fingerprint density at radius 2 is 0.667 bits per heavy atom. The SMILES string of the molecule is c1ccc2cc(-c3nc(-c4ccc(-c5nc6ccccc6c6c7ccccc7c7ccccc7c56)cc4)nc(-c4ccc5ccccc5c4)n3)ccc2c1. The number of fused-ring (bicyclic) bond motifs is 10. The zero-order valence-corrected chi connectivity index (χ0v) is 29.1. The topological polar surface area (TPSA) is 51.6 Å². The Bertz CT molecular complexity index is 3180. The molecule has 0 radical (unpaired) electrons. The number of nitrogens with zero attached hydrogens (tertiary/aromatic N) is 4. The molecular formula is C50H30N4. The van der Waals surface area contributed by atoms with Crippen molar-refractivity contribution in [1.82, 2.24) is 19.9 Å². The molecule has 0 atom stereocenters. The average molecular weight is 687 g/mol. The zero-order valence-electron chi connectivity index (χ0n) is 29.1. The van der Waals surface area contributed by atoms with Crippen LogP contribution in [0, 0.1) is 0 Å². The van der Waals surface area contributed by atoms with Crippen LogP contribution in [-0.4, -0.2) is 19.9 Å². The molecule has 0 aliphatic rings. The molecule has 250 valence electrons. The average Bonchev–Trinajstić information content (AvgIpc) is 3.25. The lowest BCUT2D eigenvalue weighted by Gasteiger charge is -2.16. The molecule has 2 heterocycles. The van der Waals surface area contributed by atoms with E-state index in [1.807, 2.05) is 0 Å². The van der Waals surface area contributed by atoms with Gasteiger partial charge in [0.15, 0.2) is 17.5 Å². The van der Waals surface area contributed by atoms with Crippen LogP contribution in [0.5, 0.6) is 0 Å². The Kier molecular flexibility index (Phi) is 6.82. The van der Waals surface area contributed by atoms with Gasteiger partial charge in [-0.15, -0.1) is 0 Å². The smallest absolute Gasteiger partial charge is 0.164 e. The molecule has 0 N–H and O–H groups in total. The molecule has 0 bridgehead atoms. The van der Waals surface area contributed by atoms with Crippen LogP contribution in [0.1, 0.15) is 0 Å². The summed E-state index contributed by atoms with van der Waals surface area (Å²) in [6.45, 7) is 0. The molecular weight excluding hydrogens is 657 g/mol. The first-order valence-corrected chi connectivity index (χ1v) is 18.2. The molecule has 11 aromatic rings. The van der Waals surface area contributed by atoms with Crippen molar-refractivity contribution in [2.75, 3.05) is 0 Å². The van der Waals surface area contributed by atoms with E-state index in [0.717, 1.165) is 55.0 Å². The third-order valence-corrected chi connectivity index (χ3v) is 10.6. The minimum absolute atomic E-state index is 0.621. The Balaban J connectivity index is 1.11. The van der Waals surface area contributed by atoms with Crippen molar-refractivity contribution in [1.29, 1.82) is 0 Å². The van der Waals surface area contributed by atoms with Gasteiger partial charge < -0.3 is 0 Å². The highest BCUT2D eigenvalue weighted by Crippen LogP contribution is 2.43. The number of hydrogen-bond donors (Lipinski definition) is 0. The van der Waals surface area contributed by atoms with Crippen LogP contribution in [0.2, 0.25) is 0 Å². The fourth-order valence-electron chi connectivity index (χ4n) is 8.03. The van der Waals surface area contributed by atoms with Gasteiger partial charge in [-0.2, -0.15) is 0 Å². The molecule has 0 saturated heterocycles. The van der Waals surface area contributed by atoms with Crippen LogP contribution in [0.15, 0.2) is 182 Å². The van der Waals surface area contributed by atoms with Crippen molar-refractivity contribution in [3.63, 3.8) is 0 Å². The first kappa shape index (κ1) is 30.3. The summed E-state index contributed by atoms with van der Waals surface area (Å²) in [6, 6.07) is 64.0. The first-order chi connectivity index (χ1) is 26.7. The van der Waals surface area contributed by atoms with Crippen molar-refractivity contribution >= 4 is 64.8 Å². The first-order valence-electron chi connectivity index (χ1n) is 18.2. The molecule has 2 aromatic heterocycles. The van der Waals surface area contributed by atoms with Gasteiger partial charge in [-0.3, -0.25) is 0 Å². The lowest BCUT2D eigenvalue weighted by atomic mass is 9.90. The van der Waals surface area contributed by atoms with E-state index in [2.05, 4.69) is 182 Å². The van der Waals surface area contributed by atoms with E-state index in [0.29, 0.717) is 17.5 Å². The maximum absolute atomic E-state index is 5.35. The summed E-state index contributed by atoms with van der Waals surface area (Å²) >= 11 is 0. The highest BCUT2D eigenvalue weighted by molar-refractivity contribution is 6.33. The molecule has 0 fully saturated rings. The Labute approximate surface area is 311 Å². The number of aromatic nitrogens is 4. The fourth-order valence-corrected chi connectivity index (χ4v) is 8.03. The van der Waals surface area contributed by atoms with Crippen LogP contribution in [0.25, 0.3) is 110 Å². The summed E-state index contributed by atoms with van der Waals surface area (Å²) in [5, 5.41) is 13.1. The minimum Gasteiger partial charge on any atom is -0.247 e. The van der Waals surface area contributed by atoms with E-state index >= 15 is 0 Å². The zero-order chi connectivity index (χ0) is 35.6. The Morgan fingerprint density at radius 1 is 0.259 bits per heavy atom. The summed E-state index contributed by atoms with van der Waals surface area (Å²) in [7, 11) is 0. The summed E-state index contributed by atoms with van der Waals surface area (Å²) < 4.78 is 0. The van der Waals surface area contributed by atoms with Gasteiger partial charge in [-0.05, 0) is 61.3 Å². The van der Waals surface area contributed by atoms with E-state index in [9.17, 15) is 0 Å². The highest BCUT2D eigenvalue weighted by Gasteiger charge is 2.18. The van der Waals surface area contributed by atoms with Crippen molar-refractivity contribution in [3.8, 4) is 45.4 Å².